The molecule has 0 amide bonds. The van der Waals surface area contributed by atoms with Crippen molar-refractivity contribution in [2.24, 2.45) is 0 Å². The first-order valence-corrected chi connectivity index (χ1v) is 8.95. The minimum Gasteiger partial charge on any atom is -0.421 e. The fraction of sp³-hybridized carbons (Fsp3) is 0.118. The lowest BCUT2D eigenvalue weighted by atomic mass is 10.2. The van der Waals surface area contributed by atoms with Crippen LogP contribution in [0.3, 0.4) is 0 Å². The molecule has 8 heteroatoms. The Kier molecular flexibility index (Phi) is 5.63. The summed E-state index contributed by atoms with van der Waals surface area (Å²) in [4.78, 5) is 17.4. The van der Waals surface area contributed by atoms with Gasteiger partial charge >= 0.3 is 5.97 Å². The smallest absolute Gasteiger partial charge is 0.344 e. The fourth-order valence-corrected chi connectivity index (χ4v) is 3.35. The van der Waals surface area contributed by atoms with Gasteiger partial charge in [0, 0.05) is 16.8 Å². The number of aryl methyl sites for hydroxylation is 1. The monoisotopic (exact) mass is 394 g/mol. The number of carbonyl (C=O) groups excluding carboxylic acids is 1. The van der Waals surface area contributed by atoms with Crippen molar-refractivity contribution < 1.29 is 14.1 Å². The topological polar surface area (TPSA) is 65.2 Å². The molecule has 0 radical (unpaired) electrons. The lowest BCUT2D eigenvalue weighted by Gasteiger charge is -2.09. The zero-order chi connectivity index (χ0) is 17.8. The molecule has 1 aromatic heterocycles. The van der Waals surface area contributed by atoms with Gasteiger partial charge in [0.15, 0.2) is 5.82 Å². The summed E-state index contributed by atoms with van der Waals surface area (Å²) in [6.45, 7) is 1.72. The molecule has 0 bridgehead atoms. The molecule has 0 aliphatic rings. The van der Waals surface area contributed by atoms with Crippen LogP contribution < -0.4 is 4.74 Å². The van der Waals surface area contributed by atoms with E-state index in [0.29, 0.717) is 28.1 Å². The van der Waals surface area contributed by atoms with Crippen LogP contribution >= 0.6 is 35.0 Å². The molecule has 0 saturated carbocycles. The molecule has 1 heterocycles. The van der Waals surface area contributed by atoms with Crippen LogP contribution in [-0.4, -0.2) is 16.1 Å². The molecule has 0 saturated heterocycles. The van der Waals surface area contributed by atoms with Crippen molar-refractivity contribution in [3.8, 4) is 5.75 Å². The Labute approximate surface area is 158 Å². The summed E-state index contributed by atoms with van der Waals surface area (Å²) in [5.41, 5.74) is 0.429. The van der Waals surface area contributed by atoms with Crippen LogP contribution in [0.1, 0.15) is 22.1 Å². The average Bonchev–Trinajstić information content (AvgIpc) is 3.01. The van der Waals surface area contributed by atoms with Crippen LogP contribution in [0.2, 0.25) is 10.0 Å². The number of aromatic nitrogens is 2. The van der Waals surface area contributed by atoms with Crippen molar-refractivity contribution in [2.45, 2.75) is 17.6 Å². The molecule has 5 nitrogen and oxygen atoms in total. The van der Waals surface area contributed by atoms with E-state index in [2.05, 4.69) is 10.1 Å². The summed E-state index contributed by atoms with van der Waals surface area (Å²) in [7, 11) is 0. The van der Waals surface area contributed by atoms with Crippen molar-refractivity contribution in [2.75, 3.05) is 0 Å². The molecule has 0 N–H and O–H groups in total. The lowest BCUT2D eigenvalue weighted by Crippen LogP contribution is -2.10. The van der Waals surface area contributed by atoms with Crippen LogP contribution in [0.4, 0.5) is 0 Å². The van der Waals surface area contributed by atoms with E-state index >= 15 is 0 Å². The van der Waals surface area contributed by atoms with E-state index in [1.807, 2.05) is 12.1 Å². The number of hydrogen-bond acceptors (Lipinski definition) is 6. The molecule has 0 spiro atoms. The minimum absolute atomic E-state index is 0.254. The molecular weight excluding hydrogens is 383 g/mol. The maximum Gasteiger partial charge on any atom is 0.344 e. The number of nitrogens with zero attached hydrogens (tertiary/aromatic N) is 2. The van der Waals surface area contributed by atoms with Crippen molar-refractivity contribution in [1.29, 1.82) is 0 Å². The summed E-state index contributed by atoms with van der Waals surface area (Å²) in [6, 6.07) is 11.8. The molecule has 0 aliphatic carbocycles. The Morgan fingerprint density at radius 1 is 1.24 bits per heavy atom. The van der Waals surface area contributed by atoms with Crippen molar-refractivity contribution >= 4 is 40.9 Å². The second kappa shape index (κ2) is 7.91. The SMILES string of the molecule is Cc1nc(CSc2ccccc2C(=O)Oc2ccc(Cl)cc2Cl)no1. The van der Waals surface area contributed by atoms with E-state index in [4.69, 9.17) is 32.5 Å². The van der Waals surface area contributed by atoms with Gasteiger partial charge in [-0.2, -0.15) is 4.98 Å². The fourth-order valence-electron chi connectivity index (χ4n) is 2.02. The molecular formula is C17H12Cl2N2O3S. The number of esters is 1. The highest BCUT2D eigenvalue weighted by atomic mass is 35.5. The number of halogens is 2. The largest absolute Gasteiger partial charge is 0.421 e. The normalized spacial score (nSPS) is 10.7. The molecule has 2 aromatic carbocycles. The molecule has 3 rings (SSSR count). The van der Waals surface area contributed by atoms with Crippen molar-refractivity contribution in [3.05, 3.63) is 69.8 Å². The van der Waals surface area contributed by atoms with E-state index in [9.17, 15) is 4.79 Å². The van der Waals surface area contributed by atoms with Crippen molar-refractivity contribution in [3.63, 3.8) is 0 Å². The highest BCUT2D eigenvalue weighted by molar-refractivity contribution is 7.98. The first-order valence-electron chi connectivity index (χ1n) is 7.21. The van der Waals surface area contributed by atoms with E-state index in [1.54, 1.807) is 31.2 Å². The van der Waals surface area contributed by atoms with Gasteiger partial charge in [-0.25, -0.2) is 4.79 Å². The van der Waals surface area contributed by atoms with Crippen LogP contribution in [-0.2, 0) is 5.75 Å². The van der Waals surface area contributed by atoms with E-state index in [0.717, 1.165) is 4.90 Å². The quantitative estimate of drug-likeness (QED) is 0.336. The number of thioether (sulfide) groups is 1. The molecule has 0 fully saturated rings. The second-order valence-corrected chi connectivity index (χ2v) is 6.84. The third kappa shape index (κ3) is 4.54. The van der Waals surface area contributed by atoms with Gasteiger partial charge in [-0.05, 0) is 30.3 Å². The predicted octanol–water partition coefficient (Wildman–Crippen LogP) is 5.20. The van der Waals surface area contributed by atoms with Gasteiger partial charge < -0.3 is 9.26 Å². The molecule has 0 atom stereocenters. The molecule has 0 unspecified atom stereocenters. The summed E-state index contributed by atoms with van der Waals surface area (Å²) >= 11 is 13.3. The van der Waals surface area contributed by atoms with E-state index < -0.39 is 5.97 Å². The number of rotatable bonds is 5. The summed E-state index contributed by atoms with van der Waals surface area (Å²) in [5.74, 6) is 1.29. The maximum absolute atomic E-state index is 12.5. The highest BCUT2D eigenvalue weighted by Crippen LogP contribution is 2.30. The zero-order valence-corrected chi connectivity index (χ0v) is 15.4. The summed E-state index contributed by atoms with van der Waals surface area (Å²) < 4.78 is 10.3. The predicted molar refractivity (Wildman–Crippen MR) is 96.5 cm³/mol. The molecule has 25 heavy (non-hydrogen) atoms. The maximum atomic E-state index is 12.5. The van der Waals surface area contributed by atoms with Gasteiger partial charge in [0.05, 0.1) is 16.3 Å². The van der Waals surface area contributed by atoms with E-state index in [1.165, 1.54) is 17.8 Å². The first-order chi connectivity index (χ1) is 12.0. The van der Waals surface area contributed by atoms with Gasteiger partial charge in [-0.1, -0.05) is 40.5 Å². The van der Waals surface area contributed by atoms with Gasteiger partial charge in [-0.15, -0.1) is 11.8 Å². The molecule has 0 aliphatic heterocycles. The van der Waals surface area contributed by atoms with Gasteiger partial charge in [0.2, 0.25) is 5.89 Å². The van der Waals surface area contributed by atoms with Gasteiger partial charge in [0.1, 0.15) is 5.75 Å². The average molecular weight is 395 g/mol. The minimum atomic E-state index is -0.503. The molecule has 128 valence electrons. The Morgan fingerprint density at radius 3 is 2.76 bits per heavy atom. The van der Waals surface area contributed by atoms with Crippen LogP contribution in [0.15, 0.2) is 51.9 Å². The van der Waals surface area contributed by atoms with Gasteiger partial charge in [-0.3, -0.25) is 0 Å². The Hall–Kier alpha value is -2.02. The number of carbonyl (C=O) groups is 1. The third-order valence-electron chi connectivity index (χ3n) is 3.13. The van der Waals surface area contributed by atoms with Crippen LogP contribution in [0.25, 0.3) is 0 Å². The van der Waals surface area contributed by atoms with Crippen LogP contribution in [0.5, 0.6) is 5.75 Å². The Morgan fingerprint density at radius 2 is 2.04 bits per heavy atom. The lowest BCUT2D eigenvalue weighted by molar-refractivity contribution is 0.0731. The molecule has 3 aromatic rings. The van der Waals surface area contributed by atoms with Crippen LogP contribution in [0, 0.1) is 6.92 Å². The number of ether oxygens (including phenoxy) is 1. The number of hydrogen-bond donors (Lipinski definition) is 0. The third-order valence-corrected chi connectivity index (χ3v) is 4.73. The summed E-state index contributed by atoms with van der Waals surface area (Å²) in [5, 5.41) is 4.58. The Balaban J connectivity index is 1.76. The van der Waals surface area contributed by atoms with Crippen molar-refractivity contribution in [1.82, 2.24) is 10.1 Å². The van der Waals surface area contributed by atoms with E-state index in [-0.39, 0.29) is 10.8 Å². The highest BCUT2D eigenvalue weighted by Gasteiger charge is 2.16. The first kappa shape index (κ1) is 17.8. The van der Waals surface area contributed by atoms with Gasteiger partial charge in [0.25, 0.3) is 0 Å². The second-order valence-electron chi connectivity index (χ2n) is 4.98. The summed E-state index contributed by atoms with van der Waals surface area (Å²) in [6.07, 6.45) is 0. The number of benzene rings is 2. The standard InChI is InChI=1S/C17H12Cl2N2O3S/c1-10-20-16(21-24-10)9-25-15-5-3-2-4-12(15)17(22)23-14-7-6-11(18)8-13(14)19/h2-8H,9H2,1H3. The Bertz CT molecular complexity index is 914. The zero-order valence-electron chi connectivity index (χ0n) is 13.0.